The number of nitrogens with two attached hydrogens (primary N) is 1. The van der Waals surface area contributed by atoms with Crippen molar-refractivity contribution in [3.8, 4) is 0 Å². The zero-order valence-corrected chi connectivity index (χ0v) is 11.1. The molecule has 2 aromatic heterocycles. The van der Waals surface area contributed by atoms with E-state index in [2.05, 4.69) is 29.1 Å². The van der Waals surface area contributed by atoms with E-state index in [0.29, 0.717) is 11.6 Å². The van der Waals surface area contributed by atoms with Crippen molar-refractivity contribution >= 4 is 28.6 Å². The number of carbonyl (C=O) groups excluding carboxylic acids is 1. The molecule has 3 N–H and O–H groups in total. The second-order valence-corrected chi connectivity index (χ2v) is 5.60. The van der Waals surface area contributed by atoms with Gasteiger partial charge in [0.25, 0.3) is 0 Å². The highest BCUT2D eigenvalue weighted by Gasteiger charge is 2.07. The van der Waals surface area contributed by atoms with Gasteiger partial charge in [0.2, 0.25) is 5.91 Å². The lowest BCUT2D eigenvalue weighted by atomic mass is 10.2. The van der Waals surface area contributed by atoms with E-state index < -0.39 is 0 Å². The molecule has 1 atom stereocenters. The first kappa shape index (κ1) is 12.3. The van der Waals surface area contributed by atoms with E-state index in [-0.39, 0.29) is 5.91 Å². The van der Waals surface area contributed by atoms with Gasteiger partial charge in [-0.3, -0.25) is 4.79 Å². The fourth-order valence-corrected chi connectivity index (χ4v) is 3.07. The number of primary amides is 1. The quantitative estimate of drug-likeness (QED) is 0.874. The highest BCUT2D eigenvalue weighted by Crippen LogP contribution is 2.18. The van der Waals surface area contributed by atoms with Gasteiger partial charge in [0.05, 0.1) is 5.56 Å². The Morgan fingerprint density at radius 3 is 2.94 bits per heavy atom. The molecular formula is C12H14N2OS2. The highest BCUT2D eigenvalue weighted by molar-refractivity contribution is 7.10. The lowest BCUT2D eigenvalue weighted by molar-refractivity contribution is 0.100. The van der Waals surface area contributed by atoms with E-state index in [1.807, 2.05) is 6.07 Å². The van der Waals surface area contributed by atoms with Gasteiger partial charge in [0.15, 0.2) is 0 Å². The lowest BCUT2D eigenvalue weighted by Gasteiger charge is -2.11. The predicted molar refractivity (Wildman–Crippen MR) is 72.4 cm³/mol. The molecule has 0 aliphatic carbocycles. The zero-order valence-electron chi connectivity index (χ0n) is 9.47. The maximum absolute atomic E-state index is 10.9. The average molecular weight is 266 g/mol. The fraction of sp³-hybridized carbons (Fsp3) is 0.250. The van der Waals surface area contributed by atoms with E-state index in [1.54, 1.807) is 28.1 Å². The molecule has 0 saturated carbocycles. The highest BCUT2D eigenvalue weighted by atomic mass is 32.1. The number of hydrogen-bond donors (Lipinski definition) is 2. The molecule has 0 radical (unpaired) electrons. The van der Waals surface area contributed by atoms with E-state index in [4.69, 9.17) is 5.73 Å². The van der Waals surface area contributed by atoms with Crippen LogP contribution in [0.3, 0.4) is 0 Å². The van der Waals surface area contributed by atoms with Gasteiger partial charge >= 0.3 is 0 Å². The summed E-state index contributed by atoms with van der Waals surface area (Å²) in [6, 6.07) is 4.28. The summed E-state index contributed by atoms with van der Waals surface area (Å²) in [5.41, 5.74) is 7.09. The van der Waals surface area contributed by atoms with Gasteiger partial charge in [0, 0.05) is 22.8 Å². The number of amides is 1. The van der Waals surface area contributed by atoms with Crippen LogP contribution in [0.25, 0.3) is 0 Å². The normalized spacial score (nSPS) is 12.5. The van der Waals surface area contributed by atoms with E-state index in [9.17, 15) is 4.79 Å². The van der Waals surface area contributed by atoms with Crippen LogP contribution in [0.15, 0.2) is 28.3 Å². The zero-order chi connectivity index (χ0) is 12.3. The summed E-state index contributed by atoms with van der Waals surface area (Å²) in [5, 5.41) is 9.43. The van der Waals surface area contributed by atoms with Crippen LogP contribution < -0.4 is 11.1 Å². The predicted octanol–water partition coefficient (Wildman–Crippen LogP) is 2.76. The minimum atomic E-state index is -0.363. The molecule has 0 spiro atoms. The first-order valence-electron chi connectivity index (χ1n) is 5.29. The van der Waals surface area contributed by atoms with Gasteiger partial charge in [-0.15, -0.1) is 11.3 Å². The Morgan fingerprint density at radius 1 is 1.53 bits per heavy atom. The lowest BCUT2D eigenvalue weighted by Crippen LogP contribution is -2.17. The summed E-state index contributed by atoms with van der Waals surface area (Å²) in [7, 11) is 0. The number of carbonyl (C=O) groups is 1. The van der Waals surface area contributed by atoms with Crippen LogP contribution in [0.4, 0.5) is 0 Å². The molecule has 0 fully saturated rings. The van der Waals surface area contributed by atoms with Gasteiger partial charge < -0.3 is 11.1 Å². The van der Waals surface area contributed by atoms with Crippen LogP contribution in [0.2, 0.25) is 0 Å². The minimum Gasteiger partial charge on any atom is -0.366 e. The topological polar surface area (TPSA) is 55.1 Å². The molecule has 90 valence electrons. The van der Waals surface area contributed by atoms with Gasteiger partial charge in [-0.2, -0.15) is 11.3 Å². The molecule has 0 aromatic carbocycles. The van der Waals surface area contributed by atoms with Crippen molar-refractivity contribution in [2.45, 2.75) is 19.5 Å². The smallest absolute Gasteiger partial charge is 0.249 e. The van der Waals surface area contributed by atoms with Crippen LogP contribution in [-0.4, -0.2) is 5.91 Å². The molecule has 2 heterocycles. The summed E-state index contributed by atoms with van der Waals surface area (Å²) in [6.45, 7) is 2.89. The van der Waals surface area contributed by atoms with Crippen LogP contribution in [0.5, 0.6) is 0 Å². The number of thiophene rings is 2. The second-order valence-electron chi connectivity index (χ2n) is 3.83. The van der Waals surface area contributed by atoms with Gasteiger partial charge in [-0.25, -0.2) is 0 Å². The maximum atomic E-state index is 10.9. The SMILES string of the molecule is CC(NCc1cc(C(N)=O)cs1)c1ccsc1. The minimum absolute atomic E-state index is 0.320. The molecule has 3 nitrogen and oxygen atoms in total. The standard InChI is InChI=1S/C12H14N2OS2/c1-8(9-2-3-16-6-9)14-5-11-4-10(7-17-11)12(13)15/h2-4,6-8,14H,5H2,1H3,(H2,13,15). The largest absolute Gasteiger partial charge is 0.366 e. The number of hydrogen-bond acceptors (Lipinski definition) is 4. The first-order valence-corrected chi connectivity index (χ1v) is 7.12. The van der Waals surface area contributed by atoms with Crippen molar-refractivity contribution in [2.75, 3.05) is 0 Å². The van der Waals surface area contributed by atoms with Crippen molar-refractivity contribution in [1.82, 2.24) is 5.32 Å². The third-order valence-corrected chi connectivity index (χ3v) is 4.20. The molecule has 0 saturated heterocycles. The monoisotopic (exact) mass is 266 g/mol. The van der Waals surface area contributed by atoms with Crippen molar-refractivity contribution in [3.05, 3.63) is 44.3 Å². The Labute approximate surface area is 108 Å². The van der Waals surface area contributed by atoms with Crippen molar-refractivity contribution in [2.24, 2.45) is 5.73 Å². The van der Waals surface area contributed by atoms with Crippen LogP contribution in [0.1, 0.15) is 33.8 Å². The molecule has 0 aliphatic heterocycles. The van der Waals surface area contributed by atoms with E-state index >= 15 is 0 Å². The Hall–Kier alpha value is -1.17. The molecule has 2 aromatic rings. The summed E-state index contributed by atoms with van der Waals surface area (Å²) < 4.78 is 0. The summed E-state index contributed by atoms with van der Waals surface area (Å²) in [5.74, 6) is -0.363. The first-order chi connectivity index (χ1) is 8.16. The Morgan fingerprint density at radius 2 is 2.35 bits per heavy atom. The van der Waals surface area contributed by atoms with Crippen molar-refractivity contribution < 1.29 is 4.79 Å². The van der Waals surface area contributed by atoms with Crippen LogP contribution in [0, 0.1) is 0 Å². The second kappa shape index (κ2) is 5.44. The maximum Gasteiger partial charge on any atom is 0.249 e. The number of rotatable bonds is 5. The van der Waals surface area contributed by atoms with Gasteiger partial charge in [-0.1, -0.05) is 0 Å². The summed E-state index contributed by atoms with van der Waals surface area (Å²) in [4.78, 5) is 12.1. The average Bonchev–Trinajstić information content (AvgIpc) is 2.97. The number of nitrogens with one attached hydrogen (secondary N) is 1. The molecule has 1 unspecified atom stereocenters. The van der Waals surface area contributed by atoms with Crippen molar-refractivity contribution in [1.29, 1.82) is 0 Å². The molecule has 2 rings (SSSR count). The third kappa shape index (κ3) is 3.15. The Bertz CT molecular complexity index is 490. The molecule has 0 aliphatic rings. The summed E-state index contributed by atoms with van der Waals surface area (Å²) >= 11 is 3.26. The van der Waals surface area contributed by atoms with E-state index in [1.165, 1.54) is 5.56 Å². The van der Waals surface area contributed by atoms with E-state index in [0.717, 1.165) is 11.4 Å². The fourth-order valence-electron chi connectivity index (χ4n) is 1.50. The molecule has 17 heavy (non-hydrogen) atoms. The molecule has 1 amide bonds. The molecule has 0 bridgehead atoms. The molecular weight excluding hydrogens is 252 g/mol. The Kier molecular flexibility index (Phi) is 3.93. The van der Waals surface area contributed by atoms with Crippen molar-refractivity contribution in [3.63, 3.8) is 0 Å². The van der Waals surface area contributed by atoms with Gasteiger partial charge in [-0.05, 0) is 35.4 Å². The van der Waals surface area contributed by atoms with Crippen LogP contribution >= 0.6 is 22.7 Å². The van der Waals surface area contributed by atoms with Gasteiger partial charge in [0.1, 0.15) is 0 Å². The third-order valence-electron chi connectivity index (χ3n) is 2.56. The van der Waals surface area contributed by atoms with Crippen LogP contribution in [-0.2, 0) is 6.54 Å². The summed E-state index contributed by atoms with van der Waals surface area (Å²) in [6.07, 6.45) is 0. The molecule has 5 heteroatoms. The Balaban J connectivity index is 1.91.